The fourth-order valence-electron chi connectivity index (χ4n) is 5.97. The van der Waals surface area contributed by atoms with Gasteiger partial charge in [0.15, 0.2) is 0 Å². The van der Waals surface area contributed by atoms with Crippen molar-refractivity contribution in [2.75, 3.05) is 6.61 Å². The largest absolute Gasteiger partial charge is 0.465 e. The maximum absolute atomic E-state index is 11.5. The lowest BCUT2D eigenvalue weighted by atomic mass is 9.51. The molecule has 4 aliphatic rings. The summed E-state index contributed by atoms with van der Waals surface area (Å²) in [6.07, 6.45) is 14.9. The highest BCUT2D eigenvalue weighted by Crippen LogP contribution is 2.57. The number of unbranched alkanes of at least 4 members (excludes halogenated alkanes) is 3. The van der Waals surface area contributed by atoms with Crippen LogP contribution in [0.4, 0.5) is 0 Å². The summed E-state index contributed by atoms with van der Waals surface area (Å²) >= 11 is 0. The highest BCUT2D eigenvalue weighted by molar-refractivity contribution is 5.75. The molecule has 4 aliphatic carbocycles. The minimum absolute atomic E-state index is 0.235. The Morgan fingerprint density at radius 1 is 1.00 bits per heavy atom. The quantitative estimate of drug-likeness (QED) is 0.509. The Kier molecular flexibility index (Phi) is 6.01. The molecule has 0 aromatic heterocycles. The molecule has 4 fully saturated rings. The van der Waals surface area contributed by atoms with Crippen LogP contribution >= 0.6 is 0 Å². The molecule has 0 amide bonds. The van der Waals surface area contributed by atoms with Crippen LogP contribution in [-0.2, 0) is 9.53 Å². The van der Waals surface area contributed by atoms with Crippen molar-refractivity contribution < 1.29 is 9.53 Å². The number of hydrogen-bond acceptors (Lipinski definition) is 3. The molecule has 3 nitrogen and oxygen atoms in total. The van der Waals surface area contributed by atoms with E-state index in [0.717, 1.165) is 42.4 Å². The summed E-state index contributed by atoms with van der Waals surface area (Å²) in [5.74, 6) is 5.15. The summed E-state index contributed by atoms with van der Waals surface area (Å²) in [4.78, 5) is 11.5. The van der Waals surface area contributed by atoms with Gasteiger partial charge in [-0.15, -0.1) is 0 Å². The zero-order chi connectivity index (χ0) is 16.2. The molecule has 0 aromatic carbocycles. The number of hydrogen-bond donors (Lipinski definition) is 1. The van der Waals surface area contributed by atoms with Crippen LogP contribution in [0.25, 0.3) is 0 Å². The predicted molar refractivity (Wildman–Crippen MR) is 92.8 cm³/mol. The third kappa shape index (κ3) is 4.29. The molecule has 0 saturated heterocycles. The topological polar surface area (TPSA) is 52.3 Å². The van der Waals surface area contributed by atoms with Crippen molar-refractivity contribution in [1.82, 2.24) is 0 Å². The normalized spacial score (nSPS) is 36.2. The van der Waals surface area contributed by atoms with Crippen molar-refractivity contribution in [3.05, 3.63) is 0 Å². The molecule has 0 spiro atoms. The van der Waals surface area contributed by atoms with E-state index in [1.165, 1.54) is 25.7 Å². The first kappa shape index (κ1) is 17.3. The molecular formula is C20H35NO2. The summed E-state index contributed by atoms with van der Waals surface area (Å²) in [7, 11) is 0. The van der Waals surface area contributed by atoms with E-state index < -0.39 is 6.04 Å². The van der Waals surface area contributed by atoms with Gasteiger partial charge in [-0.25, -0.2) is 0 Å². The van der Waals surface area contributed by atoms with Gasteiger partial charge >= 0.3 is 5.97 Å². The fraction of sp³-hybridized carbons (Fsp3) is 0.950. The van der Waals surface area contributed by atoms with Crippen LogP contribution in [0.5, 0.6) is 0 Å². The van der Waals surface area contributed by atoms with E-state index in [4.69, 9.17) is 10.5 Å². The number of rotatable bonds is 9. The van der Waals surface area contributed by atoms with Gasteiger partial charge in [0, 0.05) is 0 Å². The predicted octanol–water partition coefficient (Wildman–Crippen LogP) is 4.29. The van der Waals surface area contributed by atoms with Crippen LogP contribution < -0.4 is 5.73 Å². The zero-order valence-electron chi connectivity index (χ0n) is 14.8. The Bertz CT molecular complexity index is 367. The van der Waals surface area contributed by atoms with Crippen molar-refractivity contribution in [3.8, 4) is 0 Å². The molecule has 2 N–H and O–H groups in total. The van der Waals surface area contributed by atoms with Crippen LogP contribution in [-0.4, -0.2) is 18.6 Å². The highest BCUT2D eigenvalue weighted by Gasteiger charge is 2.47. The Labute approximate surface area is 141 Å². The first-order chi connectivity index (χ1) is 11.2. The average Bonchev–Trinajstić information content (AvgIpc) is 2.52. The van der Waals surface area contributed by atoms with Gasteiger partial charge in [-0.2, -0.15) is 0 Å². The van der Waals surface area contributed by atoms with Crippen LogP contribution in [0.3, 0.4) is 0 Å². The van der Waals surface area contributed by atoms with Gasteiger partial charge < -0.3 is 10.5 Å². The summed E-state index contributed by atoms with van der Waals surface area (Å²) in [6, 6.07) is -0.417. The molecule has 3 heteroatoms. The van der Waals surface area contributed by atoms with Gasteiger partial charge in [0.05, 0.1) is 6.61 Å². The molecule has 1 atom stereocenters. The van der Waals surface area contributed by atoms with E-state index in [2.05, 4.69) is 0 Å². The number of carbonyl (C=O) groups excluding carboxylic acids is 1. The molecule has 4 rings (SSSR count). The molecule has 0 aliphatic heterocycles. The number of esters is 1. The number of nitrogens with two attached hydrogens (primary N) is 1. The Balaban J connectivity index is 1.27. The first-order valence-electron chi connectivity index (χ1n) is 10.1. The maximum Gasteiger partial charge on any atom is 0.322 e. The van der Waals surface area contributed by atoms with E-state index in [9.17, 15) is 4.79 Å². The molecule has 4 bridgehead atoms. The van der Waals surface area contributed by atoms with E-state index in [1.54, 1.807) is 32.1 Å². The lowest BCUT2D eigenvalue weighted by molar-refractivity contribution is -0.144. The van der Waals surface area contributed by atoms with E-state index in [0.29, 0.717) is 6.61 Å². The third-order valence-corrected chi connectivity index (χ3v) is 6.81. The SMILES string of the molecule is CCOC(=O)C(N)CCCCCCC1C2CC3CC(C2)CC1C3. The van der Waals surface area contributed by atoms with E-state index in [-0.39, 0.29) is 5.97 Å². The average molecular weight is 322 g/mol. The summed E-state index contributed by atoms with van der Waals surface area (Å²) in [6.45, 7) is 2.26. The molecule has 4 saturated carbocycles. The Morgan fingerprint density at radius 2 is 1.61 bits per heavy atom. The van der Waals surface area contributed by atoms with Gasteiger partial charge in [-0.05, 0) is 81.5 Å². The van der Waals surface area contributed by atoms with Gasteiger partial charge in [0.1, 0.15) is 6.04 Å². The summed E-state index contributed by atoms with van der Waals surface area (Å²) in [5, 5.41) is 0. The van der Waals surface area contributed by atoms with Gasteiger partial charge in [-0.1, -0.05) is 25.7 Å². The van der Waals surface area contributed by atoms with Crippen LogP contribution in [0.15, 0.2) is 0 Å². The van der Waals surface area contributed by atoms with Crippen molar-refractivity contribution >= 4 is 5.97 Å². The van der Waals surface area contributed by atoms with E-state index in [1.807, 2.05) is 6.92 Å². The molecule has 1 unspecified atom stereocenters. The zero-order valence-corrected chi connectivity index (χ0v) is 14.8. The monoisotopic (exact) mass is 321 g/mol. The van der Waals surface area contributed by atoms with Gasteiger partial charge in [0.2, 0.25) is 0 Å². The van der Waals surface area contributed by atoms with Gasteiger partial charge in [-0.3, -0.25) is 4.79 Å². The summed E-state index contributed by atoms with van der Waals surface area (Å²) < 4.78 is 4.95. The lowest BCUT2D eigenvalue weighted by Gasteiger charge is -2.54. The molecular weight excluding hydrogens is 286 g/mol. The van der Waals surface area contributed by atoms with Crippen molar-refractivity contribution in [3.63, 3.8) is 0 Å². The van der Waals surface area contributed by atoms with Crippen molar-refractivity contribution in [2.45, 2.75) is 83.6 Å². The van der Waals surface area contributed by atoms with E-state index >= 15 is 0 Å². The highest BCUT2D eigenvalue weighted by atomic mass is 16.5. The number of ether oxygens (including phenoxy) is 1. The summed E-state index contributed by atoms with van der Waals surface area (Å²) in [5.41, 5.74) is 5.84. The Morgan fingerprint density at radius 3 is 2.22 bits per heavy atom. The molecule has 0 radical (unpaired) electrons. The minimum Gasteiger partial charge on any atom is -0.465 e. The third-order valence-electron chi connectivity index (χ3n) is 6.81. The second kappa shape index (κ2) is 8.00. The molecule has 0 heterocycles. The van der Waals surface area contributed by atoms with Crippen LogP contribution in [0.2, 0.25) is 0 Å². The molecule has 132 valence electrons. The van der Waals surface area contributed by atoms with Crippen molar-refractivity contribution in [1.29, 1.82) is 0 Å². The van der Waals surface area contributed by atoms with Gasteiger partial charge in [0.25, 0.3) is 0 Å². The van der Waals surface area contributed by atoms with Crippen LogP contribution in [0.1, 0.15) is 77.6 Å². The molecule has 0 aromatic rings. The second-order valence-electron chi connectivity index (χ2n) is 8.44. The van der Waals surface area contributed by atoms with Crippen molar-refractivity contribution in [2.24, 2.45) is 35.3 Å². The second-order valence-corrected chi connectivity index (χ2v) is 8.44. The smallest absolute Gasteiger partial charge is 0.322 e. The first-order valence-corrected chi connectivity index (χ1v) is 10.1. The Hall–Kier alpha value is -0.570. The van der Waals surface area contributed by atoms with Crippen LogP contribution in [0, 0.1) is 29.6 Å². The fourth-order valence-corrected chi connectivity index (χ4v) is 5.97. The maximum atomic E-state index is 11.5. The standard InChI is InChI=1S/C20H35NO2/c1-2-23-20(22)19(21)8-6-4-3-5-7-18-16-10-14-9-15(12-16)13-17(18)11-14/h14-19H,2-13,21H2,1H3. The number of carbonyl (C=O) groups is 1. The molecule has 23 heavy (non-hydrogen) atoms. The lowest BCUT2D eigenvalue weighted by Crippen LogP contribution is -2.44. The minimum atomic E-state index is -0.417.